The van der Waals surface area contributed by atoms with Crippen LogP contribution < -0.4 is 4.90 Å². The molecule has 4 rings (SSSR count). The fourth-order valence-corrected chi connectivity index (χ4v) is 4.94. The van der Waals surface area contributed by atoms with Gasteiger partial charge in [0.05, 0.1) is 17.5 Å². The molecule has 2 saturated heterocycles. The Morgan fingerprint density at radius 3 is 2.36 bits per heavy atom. The zero-order chi connectivity index (χ0) is 23.5. The molecular weight excluding hydrogens is 467 g/mol. The Labute approximate surface area is 202 Å². The van der Waals surface area contributed by atoms with E-state index in [0.29, 0.717) is 23.8 Å². The quantitative estimate of drug-likeness (QED) is 0.344. The van der Waals surface area contributed by atoms with Crippen molar-refractivity contribution in [2.24, 2.45) is 0 Å². The van der Waals surface area contributed by atoms with Crippen LogP contribution in [0.1, 0.15) is 12.5 Å². The Balaban J connectivity index is 1.44. The molecule has 0 aromatic heterocycles. The van der Waals surface area contributed by atoms with Crippen LogP contribution in [-0.4, -0.2) is 72.1 Å². The molecule has 0 amide bonds. The van der Waals surface area contributed by atoms with Crippen molar-refractivity contribution in [3.8, 4) is 0 Å². The van der Waals surface area contributed by atoms with Gasteiger partial charge in [-0.25, -0.2) is 0 Å². The number of nitro groups is 1. The normalized spacial score (nSPS) is 21.8. The van der Waals surface area contributed by atoms with Gasteiger partial charge >= 0.3 is 5.97 Å². The Morgan fingerprint density at radius 1 is 1.06 bits per heavy atom. The highest BCUT2D eigenvalue weighted by Gasteiger charge is 2.41. The summed E-state index contributed by atoms with van der Waals surface area (Å²) in [5, 5.41) is 12.6. The standard InChI is InChI=1S/C23H26Cl2N4O4/c1-16(30)33-23-15-28(20-7-6-19(25)12-21(20)29(31)32)14-22(23)27-10-8-26(9-11-27)13-17-2-4-18(24)5-3-17/h2-7,12,22-23H,8-11,13-15H2,1H3. The Kier molecular flexibility index (Phi) is 7.38. The van der Waals surface area contributed by atoms with Crippen molar-refractivity contribution in [1.29, 1.82) is 0 Å². The van der Waals surface area contributed by atoms with Gasteiger partial charge in [-0.15, -0.1) is 0 Å². The summed E-state index contributed by atoms with van der Waals surface area (Å²) in [6.07, 6.45) is -0.361. The van der Waals surface area contributed by atoms with E-state index in [1.165, 1.54) is 18.6 Å². The summed E-state index contributed by atoms with van der Waals surface area (Å²) in [5.41, 5.74) is 1.66. The zero-order valence-electron chi connectivity index (χ0n) is 18.3. The number of carbonyl (C=O) groups excluding carboxylic acids is 1. The van der Waals surface area contributed by atoms with Gasteiger partial charge in [-0.3, -0.25) is 24.7 Å². The van der Waals surface area contributed by atoms with E-state index < -0.39 is 4.92 Å². The highest BCUT2D eigenvalue weighted by atomic mass is 35.5. The molecule has 0 spiro atoms. The van der Waals surface area contributed by atoms with E-state index in [1.807, 2.05) is 29.2 Å². The number of nitro benzene ring substituents is 1. The third-order valence-corrected chi connectivity index (χ3v) is 6.71. The number of esters is 1. The number of rotatable bonds is 6. The lowest BCUT2D eigenvalue weighted by molar-refractivity contribution is -0.384. The van der Waals surface area contributed by atoms with E-state index in [2.05, 4.69) is 9.80 Å². The monoisotopic (exact) mass is 492 g/mol. The summed E-state index contributed by atoms with van der Waals surface area (Å²) in [7, 11) is 0. The minimum atomic E-state index is -0.426. The van der Waals surface area contributed by atoms with Gasteiger partial charge in [0.25, 0.3) is 5.69 Å². The van der Waals surface area contributed by atoms with Crippen molar-refractivity contribution in [1.82, 2.24) is 9.80 Å². The van der Waals surface area contributed by atoms with E-state index in [-0.39, 0.29) is 23.8 Å². The molecule has 0 N–H and O–H groups in total. The van der Waals surface area contributed by atoms with Gasteiger partial charge in [0, 0.05) is 62.3 Å². The maximum atomic E-state index is 11.8. The first kappa shape index (κ1) is 23.8. The van der Waals surface area contributed by atoms with Crippen LogP contribution in [0.2, 0.25) is 10.0 Å². The lowest BCUT2D eigenvalue weighted by Crippen LogP contribution is -2.54. The van der Waals surface area contributed by atoms with E-state index >= 15 is 0 Å². The summed E-state index contributed by atoms with van der Waals surface area (Å²) in [4.78, 5) is 29.6. The highest BCUT2D eigenvalue weighted by molar-refractivity contribution is 6.31. The van der Waals surface area contributed by atoms with Gasteiger partial charge < -0.3 is 9.64 Å². The molecule has 0 aliphatic carbocycles. The molecule has 2 aromatic rings. The summed E-state index contributed by atoms with van der Waals surface area (Å²) in [5.74, 6) is -0.348. The second-order valence-electron chi connectivity index (χ2n) is 8.45. The van der Waals surface area contributed by atoms with Crippen LogP contribution in [-0.2, 0) is 16.1 Å². The van der Waals surface area contributed by atoms with Gasteiger partial charge in [0.2, 0.25) is 0 Å². The molecule has 0 bridgehead atoms. The molecular formula is C23H26Cl2N4O4. The minimum absolute atomic E-state index is 0.0399. The Bertz CT molecular complexity index is 1010. The van der Waals surface area contributed by atoms with Crippen molar-refractivity contribution in [2.45, 2.75) is 25.6 Å². The molecule has 33 heavy (non-hydrogen) atoms. The summed E-state index contributed by atoms with van der Waals surface area (Å²) in [6.45, 7) is 6.61. The smallest absolute Gasteiger partial charge is 0.303 e. The van der Waals surface area contributed by atoms with Crippen LogP contribution in [0, 0.1) is 10.1 Å². The minimum Gasteiger partial charge on any atom is -0.459 e. The van der Waals surface area contributed by atoms with Gasteiger partial charge in [-0.2, -0.15) is 0 Å². The predicted octanol–water partition coefficient (Wildman–Crippen LogP) is 3.84. The molecule has 2 aliphatic heterocycles. The Morgan fingerprint density at radius 2 is 1.73 bits per heavy atom. The second kappa shape index (κ2) is 10.3. The number of carbonyl (C=O) groups is 1. The van der Waals surface area contributed by atoms with Crippen LogP contribution in [0.4, 0.5) is 11.4 Å². The van der Waals surface area contributed by atoms with Gasteiger partial charge in [-0.05, 0) is 29.8 Å². The van der Waals surface area contributed by atoms with Gasteiger partial charge in [0.15, 0.2) is 0 Å². The molecule has 0 saturated carbocycles. The molecule has 2 aromatic carbocycles. The molecule has 8 nitrogen and oxygen atoms in total. The predicted molar refractivity (Wildman–Crippen MR) is 128 cm³/mol. The highest BCUT2D eigenvalue weighted by Crippen LogP contribution is 2.35. The molecule has 2 heterocycles. The molecule has 10 heteroatoms. The maximum absolute atomic E-state index is 11.8. The Hall–Kier alpha value is -2.39. The summed E-state index contributed by atoms with van der Waals surface area (Å²) < 4.78 is 5.64. The van der Waals surface area contributed by atoms with Crippen LogP contribution >= 0.6 is 23.2 Å². The molecule has 2 atom stereocenters. The van der Waals surface area contributed by atoms with Gasteiger partial charge in [-0.1, -0.05) is 35.3 Å². The fraction of sp³-hybridized carbons (Fsp3) is 0.435. The summed E-state index contributed by atoms with van der Waals surface area (Å²) in [6, 6.07) is 12.5. The number of nitrogens with zero attached hydrogens (tertiary/aromatic N) is 4. The largest absolute Gasteiger partial charge is 0.459 e. The molecule has 2 aliphatic rings. The van der Waals surface area contributed by atoms with E-state index in [1.54, 1.807) is 12.1 Å². The third-order valence-electron chi connectivity index (χ3n) is 6.22. The average molecular weight is 493 g/mol. The van der Waals surface area contributed by atoms with Crippen molar-refractivity contribution in [3.05, 3.63) is 68.2 Å². The number of ether oxygens (including phenoxy) is 1. The molecule has 0 radical (unpaired) electrons. The number of benzene rings is 2. The first-order chi connectivity index (χ1) is 15.8. The topological polar surface area (TPSA) is 79.2 Å². The fourth-order valence-electron chi connectivity index (χ4n) is 4.64. The molecule has 176 valence electrons. The van der Waals surface area contributed by atoms with Crippen LogP contribution in [0.15, 0.2) is 42.5 Å². The van der Waals surface area contributed by atoms with Gasteiger partial charge in [0.1, 0.15) is 11.8 Å². The van der Waals surface area contributed by atoms with Crippen LogP contribution in [0.3, 0.4) is 0 Å². The van der Waals surface area contributed by atoms with E-state index in [9.17, 15) is 14.9 Å². The second-order valence-corrected chi connectivity index (χ2v) is 9.32. The van der Waals surface area contributed by atoms with Crippen molar-refractivity contribution < 1.29 is 14.5 Å². The zero-order valence-corrected chi connectivity index (χ0v) is 19.8. The van der Waals surface area contributed by atoms with Crippen molar-refractivity contribution in [3.63, 3.8) is 0 Å². The van der Waals surface area contributed by atoms with E-state index in [0.717, 1.165) is 37.7 Å². The number of hydrogen-bond acceptors (Lipinski definition) is 7. The number of halogens is 2. The van der Waals surface area contributed by atoms with Crippen LogP contribution in [0.25, 0.3) is 0 Å². The van der Waals surface area contributed by atoms with E-state index in [4.69, 9.17) is 27.9 Å². The lowest BCUT2D eigenvalue weighted by atomic mass is 10.1. The SMILES string of the molecule is CC(=O)OC1CN(c2ccc(Cl)cc2[N+](=O)[O-])CC1N1CCN(Cc2ccc(Cl)cc2)CC1. The first-order valence-electron chi connectivity index (χ1n) is 10.9. The molecule has 2 unspecified atom stereocenters. The lowest BCUT2D eigenvalue weighted by Gasteiger charge is -2.39. The number of hydrogen-bond donors (Lipinski definition) is 0. The third kappa shape index (κ3) is 5.76. The summed E-state index contributed by atoms with van der Waals surface area (Å²) >= 11 is 12.0. The van der Waals surface area contributed by atoms with Crippen LogP contribution in [0.5, 0.6) is 0 Å². The number of anilines is 1. The van der Waals surface area contributed by atoms with Crippen molar-refractivity contribution >= 4 is 40.5 Å². The first-order valence-corrected chi connectivity index (χ1v) is 11.6. The van der Waals surface area contributed by atoms with Crippen molar-refractivity contribution in [2.75, 3.05) is 44.2 Å². The number of piperazine rings is 1. The average Bonchev–Trinajstić information content (AvgIpc) is 3.18. The molecule has 2 fully saturated rings. The maximum Gasteiger partial charge on any atom is 0.303 e.